The molecule has 0 aliphatic carbocycles. The van der Waals surface area contributed by atoms with Crippen LogP contribution in [0.3, 0.4) is 0 Å². The van der Waals surface area contributed by atoms with E-state index in [1.165, 1.54) is 0 Å². The second-order valence-electron chi connectivity index (χ2n) is 4.50. The van der Waals surface area contributed by atoms with Crippen LogP contribution in [0.1, 0.15) is 28.8 Å². The summed E-state index contributed by atoms with van der Waals surface area (Å²) in [6.45, 7) is 2.93. The van der Waals surface area contributed by atoms with E-state index in [4.69, 9.17) is 4.74 Å². The molecule has 1 heterocycles. The Bertz CT molecular complexity index is 467. The molecular weight excluding hydrogens is 214 g/mol. The molecule has 0 saturated carbocycles. The molecule has 1 saturated heterocycles. The Hall–Kier alpha value is -1.66. The summed E-state index contributed by atoms with van der Waals surface area (Å²) < 4.78 is 5.23. The summed E-state index contributed by atoms with van der Waals surface area (Å²) in [6, 6.07) is 9.63. The van der Waals surface area contributed by atoms with Gasteiger partial charge in [-0.3, -0.25) is 4.79 Å². The lowest BCUT2D eigenvalue weighted by Gasteiger charge is -2.29. The number of carbonyl (C=O) groups excluding carboxylic acids is 1. The van der Waals surface area contributed by atoms with Crippen LogP contribution in [0.15, 0.2) is 24.3 Å². The predicted octanol–water partition coefficient (Wildman–Crippen LogP) is 2.50. The zero-order valence-corrected chi connectivity index (χ0v) is 9.90. The highest BCUT2D eigenvalue weighted by atomic mass is 16.5. The van der Waals surface area contributed by atoms with Gasteiger partial charge in [-0.2, -0.15) is 5.26 Å². The number of ether oxygens (including phenoxy) is 1. The van der Waals surface area contributed by atoms with Crippen LogP contribution >= 0.6 is 0 Å². The van der Waals surface area contributed by atoms with E-state index in [1.54, 1.807) is 6.07 Å². The maximum atomic E-state index is 12.4. The number of rotatable bonds is 2. The highest BCUT2D eigenvalue weighted by Gasteiger charge is 2.40. The molecule has 2 rings (SSSR count). The van der Waals surface area contributed by atoms with E-state index >= 15 is 0 Å². The van der Waals surface area contributed by atoms with E-state index in [0.717, 1.165) is 5.56 Å². The molecule has 3 heteroatoms. The van der Waals surface area contributed by atoms with Gasteiger partial charge in [-0.1, -0.05) is 23.8 Å². The standard InChI is InChI=1S/C14H15NO2/c1-11-3-2-4-12(9-11)13(16)14(10-15)5-7-17-8-6-14/h2-4,9H,5-8H2,1H3. The van der Waals surface area contributed by atoms with Crippen LogP contribution in [-0.2, 0) is 4.74 Å². The second-order valence-corrected chi connectivity index (χ2v) is 4.50. The number of hydrogen-bond donors (Lipinski definition) is 0. The summed E-state index contributed by atoms with van der Waals surface area (Å²) in [7, 11) is 0. The van der Waals surface area contributed by atoms with Gasteiger partial charge in [0.2, 0.25) is 0 Å². The second kappa shape index (κ2) is 4.68. The van der Waals surface area contributed by atoms with Crippen molar-refractivity contribution >= 4 is 5.78 Å². The molecule has 1 aromatic rings. The molecule has 0 radical (unpaired) electrons. The first kappa shape index (κ1) is 11.8. The molecule has 1 aromatic carbocycles. The lowest BCUT2D eigenvalue weighted by atomic mass is 9.75. The van der Waals surface area contributed by atoms with Crippen molar-refractivity contribution in [3.05, 3.63) is 35.4 Å². The van der Waals surface area contributed by atoms with Crippen molar-refractivity contribution in [1.82, 2.24) is 0 Å². The molecule has 17 heavy (non-hydrogen) atoms. The molecule has 0 N–H and O–H groups in total. The zero-order chi connectivity index (χ0) is 12.3. The Morgan fingerprint density at radius 1 is 1.41 bits per heavy atom. The van der Waals surface area contributed by atoms with Gasteiger partial charge in [0.05, 0.1) is 6.07 Å². The molecule has 0 spiro atoms. The lowest BCUT2D eigenvalue weighted by Crippen LogP contribution is -2.36. The van der Waals surface area contributed by atoms with Gasteiger partial charge in [-0.25, -0.2) is 0 Å². The Labute approximate surface area is 101 Å². The van der Waals surface area contributed by atoms with Crippen LogP contribution in [0.5, 0.6) is 0 Å². The predicted molar refractivity (Wildman–Crippen MR) is 63.6 cm³/mol. The summed E-state index contributed by atoms with van der Waals surface area (Å²) in [5.41, 5.74) is 0.788. The average molecular weight is 229 g/mol. The largest absolute Gasteiger partial charge is 0.381 e. The molecule has 3 nitrogen and oxygen atoms in total. The van der Waals surface area contributed by atoms with Gasteiger partial charge in [0.25, 0.3) is 0 Å². The Morgan fingerprint density at radius 2 is 2.12 bits per heavy atom. The third kappa shape index (κ3) is 2.22. The fourth-order valence-electron chi connectivity index (χ4n) is 2.17. The smallest absolute Gasteiger partial charge is 0.183 e. The normalized spacial score (nSPS) is 18.4. The molecule has 0 unspecified atom stereocenters. The van der Waals surface area contributed by atoms with E-state index in [-0.39, 0.29) is 5.78 Å². The quantitative estimate of drug-likeness (QED) is 0.732. The fourth-order valence-corrected chi connectivity index (χ4v) is 2.17. The Morgan fingerprint density at radius 3 is 2.71 bits per heavy atom. The molecule has 0 amide bonds. The number of aryl methyl sites for hydroxylation is 1. The molecule has 0 aromatic heterocycles. The van der Waals surface area contributed by atoms with Gasteiger partial charge in [0, 0.05) is 18.8 Å². The van der Waals surface area contributed by atoms with Gasteiger partial charge in [-0.15, -0.1) is 0 Å². The van der Waals surface area contributed by atoms with Crippen molar-refractivity contribution in [2.24, 2.45) is 5.41 Å². The van der Waals surface area contributed by atoms with Crippen LogP contribution in [0.2, 0.25) is 0 Å². The molecule has 1 aliphatic rings. The van der Waals surface area contributed by atoms with Crippen LogP contribution in [0.25, 0.3) is 0 Å². The fraction of sp³-hybridized carbons (Fsp3) is 0.429. The molecule has 0 bridgehead atoms. The SMILES string of the molecule is Cc1cccc(C(=O)C2(C#N)CCOCC2)c1. The molecule has 1 aliphatic heterocycles. The summed E-state index contributed by atoms with van der Waals surface area (Å²) in [5, 5.41) is 9.32. The minimum atomic E-state index is -0.883. The Balaban J connectivity index is 2.32. The van der Waals surface area contributed by atoms with Crippen molar-refractivity contribution in [3.63, 3.8) is 0 Å². The minimum absolute atomic E-state index is 0.0630. The van der Waals surface area contributed by atoms with Gasteiger partial charge >= 0.3 is 0 Å². The van der Waals surface area contributed by atoms with Gasteiger partial charge in [0.1, 0.15) is 5.41 Å². The van der Waals surface area contributed by atoms with Crippen molar-refractivity contribution in [3.8, 4) is 6.07 Å². The maximum Gasteiger partial charge on any atom is 0.183 e. The van der Waals surface area contributed by atoms with E-state index in [0.29, 0.717) is 31.6 Å². The molecular formula is C14H15NO2. The van der Waals surface area contributed by atoms with Gasteiger partial charge < -0.3 is 4.74 Å². The zero-order valence-electron chi connectivity index (χ0n) is 9.90. The summed E-state index contributed by atoms with van der Waals surface area (Å²) in [4.78, 5) is 12.4. The third-order valence-corrected chi connectivity index (χ3v) is 3.28. The van der Waals surface area contributed by atoms with Crippen molar-refractivity contribution < 1.29 is 9.53 Å². The average Bonchev–Trinajstić information content (AvgIpc) is 2.38. The van der Waals surface area contributed by atoms with E-state index in [1.807, 2.05) is 25.1 Å². The monoisotopic (exact) mass is 229 g/mol. The number of nitrogens with zero attached hydrogens (tertiary/aromatic N) is 1. The number of nitriles is 1. The van der Waals surface area contributed by atoms with Crippen molar-refractivity contribution in [2.45, 2.75) is 19.8 Å². The van der Waals surface area contributed by atoms with Crippen LogP contribution < -0.4 is 0 Å². The Kier molecular flexibility index (Phi) is 3.26. The number of ketones is 1. The number of hydrogen-bond acceptors (Lipinski definition) is 3. The van der Waals surface area contributed by atoms with Crippen LogP contribution in [0.4, 0.5) is 0 Å². The first-order chi connectivity index (χ1) is 8.18. The highest BCUT2D eigenvalue weighted by molar-refractivity contribution is 6.02. The van der Waals surface area contributed by atoms with Crippen LogP contribution in [-0.4, -0.2) is 19.0 Å². The van der Waals surface area contributed by atoms with Gasteiger partial charge in [0.15, 0.2) is 5.78 Å². The number of Topliss-reactive ketones (excluding diaryl/α,β-unsaturated/α-hetero) is 1. The molecule has 0 atom stereocenters. The highest BCUT2D eigenvalue weighted by Crippen LogP contribution is 2.33. The molecule has 88 valence electrons. The number of carbonyl (C=O) groups is 1. The van der Waals surface area contributed by atoms with Crippen LogP contribution in [0, 0.1) is 23.7 Å². The molecule has 1 fully saturated rings. The van der Waals surface area contributed by atoms with Gasteiger partial charge in [-0.05, 0) is 25.8 Å². The summed E-state index contributed by atoms with van der Waals surface area (Å²) in [6.07, 6.45) is 0.993. The van der Waals surface area contributed by atoms with Crippen molar-refractivity contribution in [1.29, 1.82) is 5.26 Å². The maximum absolute atomic E-state index is 12.4. The summed E-state index contributed by atoms with van der Waals surface area (Å²) in [5.74, 6) is -0.0630. The first-order valence-corrected chi connectivity index (χ1v) is 5.78. The van der Waals surface area contributed by atoms with E-state index in [2.05, 4.69) is 6.07 Å². The summed E-state index contributed by atoms with van der Waals surface area (Å²) >= 11 is 0. The first-order valence-electron chi connectivity index (χ1n) is 5.78. The topological polar surface area (TPSA) is 50.1 Å². The minimum Gasteiger partial charge on any atom is -0.381 e. The van der Waals surface area contributed by atoms with E-state index in [9.17, 15) is 10.1 Å². The van der Waals surface area contributed by atoms with Crippen molar-refractivity contribution in [2.75, 3.05) is 13.2 Å². The third-order valence-electron chi connectivity index (χ3n) is 3.28. The van der Waals surface area contributed by atoms with E-state index < -0.39 is 5.41 Å². The number of benzene rings is 1. The lowest BCUT2D eigenvalue weighted by molar-refractivity contribution is 0.0355.